The van der Waals surface area contributed by atoms with E-state index in [-0.39, 0.29) is 17.7 Å². The van der Waals surface area contributed by atoms with Crippen LogP contribution in [0.2, 0.25) is 0 Å². The molecule has 2 N–H and O–H groups in total. The second-order valence-corrected chi connectivity index (χ2v) is 9.58. The first-order chi connectivity index (χ1) is 14.5. The highest BCUT2D eigenvalue weighted by Crippen LogP contribution is 2.25. The van der Waals surface area contributed by atoms with E-state index in [1.54, 1.807) is 11.8 Å². The predicted molar refractivity (Wildman–Crippen MR) is 117 cm³/mol. The zero-order valence-electron chi connectivity index (χ0n) is 18.0. The smallest absolute Gasteiger partial charge is 0.309 e. The van der Waals surface area contributed by atoms with Gasteiger partial charge in [-0.15, -0.1) is 5.10 Å². The van der Waals surface area contributed by atoms with Gasteiger partial charge >= 0.3 is 5.91 Å². The fraction of sp³-hybridized carbons (Fsp3) is 0.810. The molecule has 0 spiro atoms. The van der Waals surface area contributed by atoms with E-state index in [2.05, 4.69) is 22.8 Å². The van der Waals surface area contributed by atoms with Crippen molar-refractivity contribution in [2.24, 2.45) is 16.9 Å². The largest absolute Gasteiger partial charge is 0.381 e. The molecular weight excluding hydrogens is 404 g/mol. The van der Waals surface area contributed by atoms with E-state index < -0.39 is 17.7 Å². The maximum atomic E-state index is 13.0. The van der Waals surface area contributed by atoms with Crippen LogP contribution in [0.3, 0.4) is 0 Å². The molecule has 3 rings (SSSR count). The molecule has 0 radical (unpaired) electrons. The number of rotatable bonds is 6. The molecule has 2 atom stereocenters. The monoisotopic (exact) mass is 438 g/mol. The third-order valence-electron chi connectivity index (χ3n) is 6.44. The summed E-state index contributed by atoms with van der Waals surface area (Å²) < 4.78 is 5.41. The number of nitrogens with one attached hydrogen (secondary N) is 2. The molecule has 30 heavy (non-hydrogen) atoms. The van der Waals surface area contributed by atoms with E-state index >= 15 is 0 Å². The summed E-state index contributed by atoms with van der Waals surface area (Å²) in [6.45, 7) is 3.15. The van der Waals surface area contributed by atoms with Crippen molar-refractivity contribution in [3.63, 3.8) is 0 Å². The van der Waals surface area contributed by atoms with Crippen molar-refractivity contribution in [3.8, 4) is 0 Å². The molecule has 3 aliphatic rings. The summed E-state index contributed by atoms with van der Waals surface area (Å²) in [5.41, 5.74) is 2.41. The number of hydrogen-bond donors (Lipinski definition) is 2. The van der Waals surface area contributed by atoms with Gasteiger partial charge in [-0.05, 0) is 38.5 Å². The molecule has 2 heterocycles. The van der Waals surface area contributed by atoms with Gasteiger partial charge in [-0.1, -0.05) is 37.4 Å². The second kappa shape index (κ2) is 11.1. The van der Waals surface area contributed by atoms with Gasteiger partial charge in [-0.25, -0.2) is 5.43 Å². The van der Waals surface area contributed by atoms with Crippen LogP contribution in [0.4, 0.5) is 0 Å². The molecular formula is C21H34N4O4S. The van der Waals surface area contributed by atoms with Crippen LogP contribution < -0.4 is 10.7 Å². The predicted octanol–water partition coefficient (Wildman–Crippen LogP) is 1.89. The molecule has 0 bridgehead atoms. The van der Waals surface area contributed by atoms with Crippen molar-refractivity contribution in [2.75, 3.05) is 26.0 Å². The molecule has 1 saturated carbocycles. The van der Waals surface area contributed by atoms with Crippen LogP contribution in [0, 0.1) is 11.8 Å². The quantitative estimate of drug-likeness (QED) is 0.373. The number of carbonyl (C=O) groups excluding carboxylic acids is 3. The summed E-state index contributed by atoms with van der Waals surface area (Å²) in [5.74, 6) is -0.762. The van der Waals surface area contributed by atoms with Gasteiger partial charge < -0.3 is 15.0 Å². The van der Waals surface area contributed by atoms with E-state index in [1.807, 2.05) is 11.9 Å². The lowest BCUT2D eigenvalue weighted by molar-refractivity contribution is -0.142. The molecule has 8 nitrogen and oxygen atoms in total. The van der Waals surface area contributed by atoms with Crippen LogP contribution in [0.15, 0.2) is 5.10 Å². The topological polar surface area (TPSA) is 100 Å². The molecule has 0 unspecified atom stereocenters. The normalized spacial score (nSPS) is 26.3. The number of hydrogen-bond acceptors (Lipinski definition) is 6. The maximum absolute atomic E-state index is 13.0. The van der Waals surface area contributed by atoms with Crippen molar-refractivity contribution in [1.82, 2.24) is 15.6 Å². The zero-order chi connectivity index (χ0) is 21.5. The summed E-state index contributed by atoms with van der Waals surface area (Å²) >= 11 is 1.54. The Labute approximate surface area is 182 Å². The average molecular weight is 439 g/mol. The second-order valence-electron chi connectivity index (χ2n) is 8.60. The number of amidine groups is 1. The molecule has 2 aliphatic heterocycles. The third kappa shape index (κ3) is 5.97. The molecule has 168 valence electrons. The first kappa shape index (κ1) is 23.1. The molecule has 1 aliphatic carbocycles. The minimum absolute atomic E-state index is 0.0732. The number of Topliss-reactive ketones (excluding diaryl/α,β-unsaturated/α-hetero) is 1. The number of hydrazone groups is 1. The zero-order valence-corrected chi connectivity index (χ0v) is 18.8. The Balaban J connectivity index is 1.66. The Morgan fingerprint density at radius 3 is 2.37 bits per heavy atom. The molecule has 0 aromatic rings. The molecule has 0 aromatic carbocycles. The third-order valence-corrected chi connectivity index (χ3v) is 7.72. The number of carbonyl (C=O) groups is 3. The van der Waals surface area contributed by atoms with Crippen LogP contribution in [-0.4, -0.2) is 65.8 Å². The van der Waals surface area contributed by atoms with Crippen molar-refractivity contribution >= 4 is 34.5 Å². The van der Waals surface area contributed by atoms with Gasteiger partial charge in [0.25, 0.3) is 0 Å². The Bertz CT molecular complexity index is 657. The standard InChI is InChI=1S/C21H34N4O4S/c1-14-13-30-21(25(14)2)24-23-20(28)18(26)17(15-9-11-29-12-10-15)22-19(27)16-7-5-3-4-6-8-16/h14-17H,3-13H2,1-2H3,(H,22,27)(H,23,28)/t14-,17+/m0/s1. The van der Waals surface area contributed by atoms with E-state index in [0.717, 1.165) is 44.3 Å². The highest BCUT2D eigenvalue weighted by molar-refractivity contribution is 8.14. The number of amides is 2. The summed E-state index contributed by atoms with van der Waals surface area (Å²) in [6, 6.07) is -0.493. The lowest BCUT2D eigenvalue weighted by Gasteiger charge is -2.30. The Hall–Kier alpha value is -1.61. The van der Waals surface area contributed by atoms with Crippen LogP contribution in [-0.2, 0) is 19.1 Å². The molecule has 2 amide bonds. The summed E-state index contributed by atoms with van der Waals surface area (Å²) in [4.78, 5) is 40.5. The van der Waals surface area contributed by atoms with E-state index in [9.17, 15) is 14.4 Å². The minimum atomic E-state index is -0.822. The average Bonchev–Trinajstić information content (AvgIpc) is 2.95. The SMILES string of the molecule is C[C@H]1CSC(=NNC(=O)C(=O)[C@H](NC(=O)C2CCCCCC2)C2CCOCC2)N1C. The first-order valence-electron chi connectivity index (χ1n) is 11.1. The highest BCUT2D eigenvalue weighted by atomic mass is 32.2. The van der Waals surface area contributed by atoms with Crippen LogP contribution in [0.25, 0.3) is 0 Å². The van der Waals surface area contributed by atoms with Crippen LogP contribution in [0.1, 0.15) is 58.3 Å². The maximum Gasteiger partial charge on any atom is 0.309 e. The number of nitrogens with zero attached hydrogens (tertiary/aromatic N) is 2. The lowest BCUT2D eigenvalue weighted by atomic mass is 9.87. The molecule has 3 fully saturated rings. The van der Waals surface area contributed by atoms with Gasteiger partial charge in [-0.3, -0.25) is 14.4 Å². The van der Waals surface area contributed by atoms with Crippen molar-refractivity contribution < 1.29 is 19.1 Å². The summed E-state index contributed by atoms with van der Waals surface area (Å²) in [7, 11) is 1.91. The van der Waals surface area contributed by atoms with Gasteiger partial charge in [0.2, 0.25) is 11.7 Å². The fourth-order valence-corrected chi connectivity index (χ4v) is 5.37. The van der Waals surface area contributed by atoms with Crippen LogP contribution >= 0.6 is 11.8 Å². The number of ether oxygens (including phenoxy) is 1. The van der Waals surface area contributed by atoms with E-state index in [4.69, 9.17) is 4.74 Å². The minimum Gasteiger partial charge on any atom is -0.381 e. The van der Waals surface area contributed by atoms with Gasteiger partial charge in [0.05, 0.1) is 0 Å². The lowest BCUT2D eigenvalue weighted by Crippen LogP contribution is -2.53. The molecule has 0 aromatic heterocycles. The van der Waals surface area contributed by atoms with Gasteiger partial charge in [-0.2, -0.15) is 0 Å². The Kier molecular flexibility index (Phi) is 8.56. The summed E-state index contributed by atoms with van der Waals surface area (Å²) in [5, 5.41) is 7.76. The Morgan fingerprint density at radius 2 is 1.77 bits per heavy atom. The van der Waals surface area contributed by atoms with Crippen LogP contribution in [0.5, 0.6) is 0 Å². The van der Waals surface area contributed by atoms with Gasteiger partial charge in [0.15, 0.2) is 5.17 Å². The number of ketones is 1. The Morgan fingerprint density at radius 1 is 1.10 bits per heavy atom. The number of thioether (sulfide) groups is 1. The fourth-order valence-electron chi connectivity index (χ4n) is 4.26. The van der Waals surface area contributed by atoms with E-state index in [0.29, 0.717) is 37.3 Å². The van der Waals surface area contributed by atoms with E-state index in [1.165, 1.54) is 0 Å². The summed E-state index contributed by atoms with van der Waals surface area (Å²) in [6.07, 6.45) is 7.38. The van der Waals surface area contributed by atoms with Crippen molar-refractivity contribution in [3.05, 3.63) is 0 Å². The molecule has 9 heteroatoms. The van der Waals surface area contributed by atoms with Gasteiger partial charge in [0, 0.05) is 38.0 Å². The molecule has 2 saturated heterocycles. The van der Waals surface area contributed by atoms with Gasteiger partial charge in [0.1, 0.15) is 6.04 Å². The van der Waals surface area contributed by atoms with Crippen molar-refractivity contribution in [1.29, 1.82) is 0 Å². The van der Waals surface area contributed by atoms with Crippen molar-refractivity contribution in [2.45, 2.75) is 70.4 Å². The first-order valence-corrected chi connectivity index (χ1v) is 12.1. The highest BCUT2D eigenvalue weighted by Gasteiger charge is 2.36.